The summed E-state index contributed by atoms with van der Waals surface area (Å²) in [6.45, 7) is 10.0. The zero-order valence-electron chi connectivity index (χ0n) is 21.6. The largest absolute Gasteiger partial charge is 0.340 e. The van der Waals surface area contributed by atoms with Gasteiger partial charge in [-0.1, -0.05) is 62.4 Å². The van der Waals surface area contributed by atoms with Crippen molar-refractivity contribution in [3.63, 3.8) is 0 Å². The van der Waals surface area contributed by atoms with Crippen molar-refractivity contribution in [3.05, 3.63) is 66.2 Å². The molecule has 6 nitrogen and oxygen atoms in total. The number of likely N-dealkylation sites (N-methyl/N-ethyl adjacent to an activating group) is 1. The normalized spacial score (nSPS) is 16.5. The van der Waals surface area contributed by atoms with E-state index in [2.05, 4.69) is 28.9 Å². The lowest BCUT2D eigenvalue weighted by atomic mass is 9.94. The number of piperidine rings is 1. The first-order chi connectivity index (χ1) is 16.7. The zero-order valence-corrected chi connectivity index (χ0v) is 22.5. The molecular weight excluding hydrogens is 458 g/mol. The Kier molecular flexibility index (Phi) is 9.89. The van der Waals surface area contributed by atoms with Crippen LogP contribution >= 0.6 is 0 Å². The van der Waals surface area contributed by atoms with Gasteiger partial charge in [-0.3, -0.25) is 4.79 Å². The first-order valence-corrected chi connectivity index (χ1v) is 14.3. The van der Waals surface area contributed by atoms with Crippen LogP contribution in [-0.2, 0) is 14.8 Å². The van der Waals surface area contributed by atoms with Gasteiger partial charge in [-0.15, -0.1) is 0 Å². The molecule has 3 rings (SSSR count). The van der Waals surface area contributed by atoms with Gasteiger partial charge in [0.05, 0.1) is 4.90 Å². The Morgan fingerprint density at radius 3 is 2.11 bits per heavy atom. The lowest BCUT2D eigenvalue weighted by Gasteiger charge is -2.39. The lowest BCUT2D eigenvalue weighted by molar-refractivity contribution is -0.137. The molecule has 1 saturated heterocycles. The van der Waals surface area contributed by atoms with Gasteiger partial charge >= 0.3 is 0 Å². The molecular formula is C28H41N3O3S. The molecule has 0 aromatic heterocycles. The van der Waals surface area contributed by atoms with Gasteiger partial charge in [0.2, 0.25) is 15.9 Å². The number of nitrogens with zero attached hydrogens (tertiary/aromatic N) is 3. The average Bonchev–Trinajstić information content (AvgIpc) is 2.88. The van der Waals surface area contributed by atoms with E-state index in [-0.39, 0.29) is 17.7 Å². The maximum atomic E-state index is 13.1. The highest BCUT2D eigenvalue weighted by molar-refractivity contribution is 7.89. The number of carbonyl (C=O) groups excluding carboxylic acids is 1. The molecule has 2 aromatic carbocycles. The highest BCUT2D eigenvalue weighted by Gasteiger charge is 2.29. The molecule has 1 amide bonds. The van der Waals surface area contributed by atoms with Gasteiger partial charge in [0.1, 0.15) is 0 Å². The van der Waals surface area contributed by atoms with Crippen LogP contribution in [0.2, 0.25) is 0 Å². The van der Waals surface area contributed by atoms with Crippen molar-refractivity contribution in [3.8, 4) is 0 Å². The Morgan fingerprint density at radius 1 is 1.00 bits per heavy atom. The molecule has 0 aliphatic carbocycles. The van der Waals surface area contributed by atoms with Crippen molar-refractivity contribution in [1.82, 2.24) is 14.1 Å². The van der Waals surface area contributed by atoms with Crippen molar-refractivity contribution in [2.45, 2.75) is 56.9 Å². The Bertz CT molecular complexity index is 1020. The molecule has 1 aliphatic rings. The third-order valence-corrected chi connectivity index (χ3v) is 8.95. The summed E-state index contributed by atoms with van der Waals surface area (Å²) >= 11 is 0. The van der Waals surface area contributed by atoms with E-state index < -0.39 is 10.0 Å². The molecule has 1 atom stereocenters. The fourth-order valence-corrected chi connectivity index (χ4v) is 6.23. The van der Waals surface area contributed by atoms with Gasteiger partial charge in [-0.25, -0.2) is 12.7 Å². The highest BCUT2D eigenvalue weighted by atomic mass is 32.2. The van der Waals surface area contributed by atoms with E-state index in [4.69, 9.17) is 0 Å². The molecule has 35 heavy (non-hydrogen) atoms. The second kappa shape index (κ2) is 12.7. The van der Waals surface area contributed by atoms with E-state index in [1.807, 2.05) is 38.1 Å². The van der Waals surface area contributed by atoms with Crippen LogP contribution in [0.3, 0.4) is 0 Å². The third-order valence-electron chi connectivity index (χ3n) is 7.11. The predicted molar refractivity (Wildman–Crippen MR) is 142 cm³/mol. The summed E-state index contributed by atoms with van der Waals surface area (Å²) in [7, 11) is -1.86. The maximum Gasteiger partial charge on any atom is 0.242 e. The van der Waals surface area contributed by atoms with E-state index in [9.17, 15) is 13.2 Å². The minimum atomic E-state index is -3.54. The third kappa shape index (κ3) is 7.15. The Balaban J connectivity index is 1.62. The molecule has 1 unspecified atom stereocenters. The molecule has 1 heterocycles. The number of amides is 1. The highest BCUT2D eigenvalue weighted by Crippen LogP contribution is 2.26. The molecule has 1 fully saturated rings. The SMILES string of the molecule is CCN(C(=O)C(C)C)C1CCN(CCC(CN(C)S(=O)(=O)c2ccccc2)c2ccccc2)CC1. The van der Waals surface area contributed by atoms with Crippen molar-refractivity contribution in [1.29, 1.82) is 0 Å². The van der Waals surface area contributed by atoms with Crippen LogP contribution in [0.1, 0.15) is 51.5 Å². The molecule has 1 aliphatic heterocycles. The van der Waals surface area contributed by atoms with Gasteiger partial charge < -0.3 is 9.80 Å². The molecule has 0 saturated carbocycles. The number of benzene rings is 2. The topological polar surface area (TPSA) is 60.9 Å². The minimum absolute atomic E-state index is 0.0313. The Labute approximate surface area is 212 Å². The van der Waals surface area contributed by atoms with Crippen LogP contribution in [0.25, 0.3) is 0 Å². The first kappa shape index (κ1) is 27.4. The summed E-state index contributed by atoms with van der Waals surface area (Å²) in [4.78, 5) is 17.4. The van der Waals surface area contributed by atoms with E-state index in [1.54, 1.807) is 31.3 Å². The lowest BCUT2D eigenvalue weighted by Crippen LogP contribution is -2.48. The summed E-state index contributed by atoms with van der Waals surface area (Å²) in [6.07, 6.45) is 2.86. The Hall–Kier alpha value is -2.22. The van der Waals surface area contributed by atoms with Gasteiger partial charge in [-0.05, 0) is 56.3 Å². The number of hydrogen-bond donors (Lipinski definition) is 0. The summed E-state index contributed by atoms with van der Waals surface area (Å²) in [6, 6.07) is 19.2. The van der Waals surface area contributed by atoms with E-state index in [1.165, 1.54) is 4.31 Å². The van der Waals surface area contributed by atoms with E-state index >= 15 is 0 Å². The Morgan fingerprint density at radius 2 is 1.57 bits per heavy atom. The summed E-state index contributed by atoms with van der Waals surface area (Å²) in [5.74, 6) is 0.383. The number of sulfonamides is 1. The second-order valence-corrected chi connectivity index (χ2v) is 11.9. The summed E-state index contributed by atoms with van der Waals surface area (Å²) in [5.41, 5.74) is 1.16. The number of carbonyl (C=O) groups is 1. The van der Waals surface area contributed by atoms with Crippen LogP contribution in [-0.4, -0.2) is 74.2 Å². The quantitative estimate of drug-likeness (QED) is 0.458. The van der Waals surface area contributed by atoms with Gasteiger partial charge in [0.15, 0.2) is 0 Å². The standard InChI is InChI=1S/C28H41N3O3S/c1-5-31(28(32)23(2)3)26-17-20-30(21-18-26)19-16-25(24-12-8-6-9-13-24)22-29(4)35(33,34)27-14-10-7-11-15-27/h6-15,23,25-26H,5,16-22H2,1-4H3. The van der Waals surface area contributed by atoms with E-state index in [0.29, 0.717) is 17.5 Å². The first-order valence-electron chi connectivity index (χ1n) is 12.8. The van der Waals surface area contributed by atoms with Crippen LogP contribution in [0.15, 0.2) is 65.6 Å². The molecule has 0 bridgehead atoms. The van der Waals surface area contributed by atoms with E-state index in [0.717, 1.165) is 51.0 Å². The maximum absolute atomic E-state index is 13.1. The predicted octanol–water partition coefficient (Wildman–Crippen LogP) is 4.45. The monoisotopic (exact) mass is 499 g/mol. The van der Waals surface area contributed by atoms with Gasteiger partial charge in [0, 0.05) is 45.2 Å². The van der Waals surface area contributed by atoms with Crippen molar-refractivity contribution >= 4 is 15.9 Å². The molecule has 192 valence electrons. The zero-order chi connectivity index (χ0) is 25.4. The molecule has 7 heteroatoms. The molecule has 0 spiro atoms. The number of likely N-dealkylation sites (tertiary alicyclic amines) is 1. The van der Waals surface area contributed by atoms with Crippen molar-refractivity contribution < 1.29 is 13.2 Å². The summed E-state index contributed by atoms with van der Waals surface area (Å²) in [5, 5.41) is 0. The number of rotatable bonds is 11. The minimum Gasteiger partial charge on any atom is -0.340 e. The van der Waals surface area contributed by atoms with Crippen LogP contribution in [0.4, 0.5) is 0 Å². The fraction of sp³-hybridized carbons (Fsp3) is 0.536. The van der Waals surface area contributed by atoms with Gasteiger partial charge in [0.25, 0.3) is 0 Å². The average molecular weight is 500 g/mol. The molecule has 0 N–H and O–H groups in total. The van der Waals surface area contributed by atoms with Crippen molar-refractivity contribution in [2.75, 3.05) is 39.8 Å². The van der Waals surface area contributed by atoms with Gasteiger partial charge in [-0.2, -0.15) is 0 Å². The van der Waals surface area contributed by atoms with Crippen LogP contribution < -0.4 is 0 Å². The smallest absolute Gasteiger partial charge is 0.242 e. The van der Waals surface area contributed by atoms with Crippen LogP contribution in [0, 0.1) is 5.92 Å². The summed E-state index contributed by atoms with van der Waals surface area (Å²) < 4.78 is 27.7. The second-order valence-electron chi connectivity index (χ2n) is 9.85. The van der Waals surface area contributed by atoms with Crippen LogP contribution in [0.5, 0.6) is 0 Å². The fourth-order valence-electron chi connectivity index (χ4n) is 4.99. The number of hydrogen-bond acceptors (Lipinski definition) is 4. The van der Waals surface area contributed by atoms with Crippen molar-refractivity contribution in [2.24, 2.45) is 5.92 Å². The molecule has 0 radical (unpaired) electrons. The molecule has 2 aromatic rings.